The van der Waals surface area contributed by atoms with Crippen molar-refractivity contribution in [2.45, 2.75) is 26.3 Å². The Balaban J connectivity index is 1.94. The van der Waals surface area contributed by atoms with Gasteiger partial charge < -0.3 is 9.73 Å². The SMILES string of the molecule is CC(C)(C)Nc1nc(-c2cc3ccccc3o2)ns1. The number of para-hydroxylation sites is 1. The molecule has 1 aromatic carbocycles. The van der Waals surface area contributed by atoms with E-state index in [0.717, 1.165) is 16.1 Å². The average Bonchev–Trinajstić information content (AvgIpc) is 2.91. The molecule has 0 radical (unpaired) electrons. The zero-order valence-corrected chi connectivity index (χ0v) is 11.9. The minimum absolute atomic E-state index is 0.0231. The summed E-state index contributed by atoms with van der Waals surface area (Å²) in [6.07, 6.45) is 0. The lowest BCUT2D eigenvalue weighted by atomic mass is 10.1. The Hall–Kier alpha value is -1.88. The first-order valence-electron chi connectivity index (χ1n) is 6.12. The van der Waals surface area contributed by atoms with Crippen molar-refractivity contribution in [1.82, 2.24) is 9.36 Å². The number of nitrogens with one attached hydrogen (secondary N) is 1. The molecule has 3 rings (SSSR count). The summed E-state index contributed by atoms with van der Waals surface area (Å²) < 4.78 is 10.1. The third-order valence-electron chi connectivity index (χ3n) is 2.55. The van der Waals surface area contributed by atoms with Crippen LogP contribution in [0.4, 0.5) is 5.13 Å². The number of furan rings is 1. The molecule has 0 saturated heterocycles. The third kappa shape index (κ3) is 2.61. The Labute approximate surface area is 115 Å². The highest BCUT2D eigenvalue weighted by Gasteiger charge is 2.15. The minimum Gasteiger partial charge on any atom is -0.453 e. The molecule has 4 nitrogen and oxygen atoms in total. The van der Waals surface area contributed by atoms with Crippen LogP contribution < -0.4 is 5.32 Å². The highest BCUT2D eigenvalue weighted by molar-refractivity contribution is 7.09. The van der Waals surface area contributed by atoms with E-state index in [4.69, 9.17) is 4.42 Å². The summed E-state index contributed by atoms with van der Waals surface area (Å²) in [5.41, 5.74) is 0.836. The number of benzene rings is 1. The molecule has 0 unspecified atom stereocenters. The van der Waals surface area contributed by atoms with Crippen molar-refractivity contribution in [3.8, 4) is 11.6 Å². The van der Waals surface area contributed by atoms with Crippen LogP contribution in [0.15, 0.2) is 34.7 Å². The van der Waals surface area contributed by atoms with Crippen LogP contribution in [-0.2, 0) is 0 Å². The van der Waals surface area contributed by atoms with E-state index >= 15 is 0 Å². The van der Waals surface area contributed by atoms with Crippen LogP contribution in [0.25, 0.3) is 22.6 Å². The number of hydrogen-bond donors (Lipinski definition) is 1. The van der Waals surface area contributed by atoms with Crippen molar-refractivity contribution in [3.63, 3.8) is 0 Å². The molecule has 0 aliphatic carbocycles. The van der Waals surface area contributed by atoms with Crippen LogP contribution in [0.1, 0.15) is 20.8 Å². The smallest absolute Gasteiger partial charge is 0.210 e. The molecule has 0 amide bonds. The summed E-state index contributed by atoms with van der Waals surface area (Å²) in [5.74, 6) is 1.34. The average molecular weight is 273 g/mol. The van der Waals surface area contributed by atoms with Crippen molar-refractivity contribution < 1.29 is 4.42 Å². The van der Waals surface area contributed by atoms with Gasteiger partial charge in [0.05, 0.1) is 0 Å². The number of fused-ring (bicyclic) bond motifs is 1. The molecule has 2 aromatic heterocycles. The summed E-state index contributed by atoms with van der Waals surface area (Å²) in [6, 6.07) is 9.88. The zero-order chi connectivity index (χ0) is 13.5. The molecule has 0 fully saturated rings. The van der Waals surface area contributed by atoms with Crippen molar-refractivity contribution in [1.29, 1.82) is 0 Å². The topological polar surface area (TPSA) is 51.0 Å². The number of aromatic nitrogens is 2. The molecule has 1 N–H and O–H groups in total. The van der Waals surface area contributed by atoms with E-state index < -0.39 is 0 Å². The Morgan fingerprint density at radius 2 is 2.00 bits per heavy atom. The molecule has 98 valence electrons. The first kappa shape index (κ1) is 12.2. The van der Waals surface area contributed by atoms with Gasteiger partial charge in [0.25, 0.3) is 0 Å². The monoisotopic (exact) mass is 273 g/mol. The van der Waals surface area contributed by atoms with Crippen molar-refractivity contribution in [2.24, 2.45) is 0 Å². The highest BCUT2D eigenvalue weighted by atomic mass is 32.1. The second kappa shape index (κ2) is 4.35. The molecule has 0 bridgehead atoms. The lowest BCUT2D eigenvalue weighted by molar-refractivity contribution is 0.624. The zero-order valence-electron chi connectivity index (χ0n) is 11.1. The van der Waals surface area contributed by atoms with Crippen molar-refractivity contribution in [3.05, 3.63) is 30.3 Å². The number of rotatable bonds is 2. The molecule has 0 spiro atoms. The Bertz CT molecular complexity index is 676. The minimum atomic E-state index is -0.0231. The van der Waals surface area contributed by atoms with E-state index in [1.165, 1.54) is 11.5 Å². The molecule has 5 heteroatoms. The molecular formula is C14H15N3OS. The fourth-order valence-electron chi connectivity index (χ4n) is 1.79. The van der Waals surface area contributed by atoms with E-state index in [-0.39, 0.29) is 5.54 Å². The van der Waals surface area contributed by atoms with Gasteiger partial charge in [-0.15, -0.1) is 0 Å². The fraction of sp³-hybridized carbons (Fsp3) is 0.286. The highest BCUT2D eigenvalue weighted by Crippen LogP contribution is 2.28. The Morgan fingerprint density at radius 3 is 2.74 bits per heavy atom. The van der Waals surface area contributed by atoms with Crippen molar-refractivity contribution in [2.75, 3.05) is 5.32 Å². The predicted molar refractivity (Wildman–Crippen MR) is 78.5 cm³/mol. The van der Waals surface area contributed by atoms with E-state index in [1.807, 2.05) is 30.3 Å². The van der Waals surface area contributed by atoms with E-state index in [1.54, 1.807) is 0 Å². The summed E-state index contributed by atoms with van der Waals surface area (Å²) in [6.45, 7) is 6.28. The van der Waals surface area contributed by atoms with Crippen LogP contribution in [-0.4, -0.2) is 14.9 Å². The third-order valence-corrected chi connectivity index (χ3v) is 3.18. The normalized spacial score (nSPS) is 11.9. The fourth-order valence-corrected chi connectivity index (χ4v) is 2.57. The van der Waals surface area contributed by atoms with Gasteiger partial charge in [-0.05, 0) is 32.9 Å². The molecule has 0 atom stereocenters. The maximum Gasteiger partial charge on any atom is 0.210 e. The number of anilines is 1. The Kier molecular flexibility index (Phi) is 2.78. The predicted octanol–water partition coefficient (Wildman–Crippen LogP) is 4.16. The van der Waals surface area contributed by atoms with Crippen molar-refractivity contribution >= 4 is 27.6 Å². The second-order valence-corrected chi connectivity index (χ2v) is 6.20. The van der Waals surface area contributed by atoms with Gasteiger partial charge in [-0.1, -0.05) is 18.2 Å². The Morgan fingerprint density at radius 1 is 1.21 bits per heavy atom. The lowest BCUT2D eigenvalue weighted by Gasteiger charge is -2.18. The molecular weight excluding hydrogens is 258 g/mol. The first-order chi connectivity index (χ1) is 9.01. The van der Waals surface area contributed by atoms with Crippen LogP contribution in [0.5, 0.6) is 0 Å². The first-order valence-corrected chi connectivity index (χ1v) is 6.89. The van der Waals surface area contributed by atoms with Crippen LogP contribution in [0.3, 0.4) is 0 Å². The van der Waals surface area contributed by atoms with Gasteiger partial charge in [0.15, 0.2) is 5.76 Å². The molecule has 19 heavy (non-hydrogen) atoms. The largest absolute Gasteiger partial charge is 0.453 e. The summed E-state index contributed by atoms with van der Waals surface area (Å²) in [4.78, 5) is 4.46. The second-order valence-electron chi connectivity index (χ2n) is 5.45. The maximum absolute atomic E-state index is 5.75. The van der Waals surface area contributed by atoms with Crippen LogP contribution in [0, 0.1) is 0 Å². The quantitative estimate of drug-likeness (QED) is 0.761. The summed E-state index contributed by atoms with van der Waals surface area (Å²) >= 11 is 1.35. The number of nitrogens with zero attached hydrogens (tertiary/aromatic N) is 2. The van der Waals surface area contributed by atoms with Crippen LogP contribution in [0.2, 0.25) is 0 Å². The van der Waals surface area contributed by atoms with Gasteiger partial charge in [-0.3, -0.25) is 0 Å². The molecule has 3 aromatic rings. The van der Waals surface area contributed by atoms with Gasteiger partial charge in [-0.25, -0.2) is 0 Å². The van der Waals surface area contributed by atoms with Gasteiger partial charge >= 0.3 is 0 Å². The van der Waals surface area contributed by atoms with Crippen LogP contribution >= 0.6 is 11.5 Å². The number of hydrogen-bond acceptors (Lipinski definition) is 5. The summed E-state index contributed by atoms with van der Waals surface area (Å²) in [7, 11) is 0. The molecule has 0 aliphatic rings. The van der Waals surface area contributed by atoms with Gasteiger partial charge in [0.1, 0.15) is 5.58 Å². The van der Waals surface area contributed by atoms with Gasteiger partial charge in [0.2, 0.25) is 11.0 Å². The maximum atomic E-state index is 5.75. The van der Waals surface area contributed by atoms with E-state index in [0.29, 0.717) is 11.6 Å². The molecule has 2 heterocycles. The molecule has 0 aliphatic heterocycles. The van der Waals surface area contributed by atoms with E-state index in [2.05, 4.69) is 35.4 Å². The van der Waals surface area contributed by atoms with E-state index in [9.17, 15) is 0 Å². The lowest BCUT2D eigenvalue weighted by Crippen LogP contribution is -2.25. The van der Waals surface area contributed by atoms with Gasteiger partial charge in [-0.2, -0.15) is 9.36 Å². The standard InChI is InChI=1S/C14H15N3OS/c1-14(2,3)16-13-15-12(17-19-13)11-8-9-6-4-5-7-10(9)18-11/h4-8H,1-3H3,(H,15,16,17). The summed E-state index contributed by atoms with van der Waals surface area (Å²) in [5, 5.41) is 5.18. The van der Waals surface area contributed by atoms with Gasteiger partial charge in [0, 0.05) is 22.5 Å². The molecule has 0 saturated carbocycles.